The third-order valence-corrected chi connectivity index (χ3v) is 5.77. The molecule has 32 heavy (non-hydrogen) atoms. The molecule has 0 aliphatic carbocycles. The van der Waals surface area contributed by atoms with Crippen LogP contribution in [0.25, 0.3) is 0 Å². The number of carbonyl (C=O) groups is 2. The third-order valence-electron chi connectivity index (χ3n) is 5.15. The Balaban J connectivity index is 1.49. The summed E-state index contributed by atoms with van der Waals surface area (Å²) in [6, 6.07) is 11.4. The van der Waals surface area contributed by atoms with Gasteiger partial charge in [0.2, 0.25) is 0 Å². The molecule has 0 N–H and O–H groups in total. The van der Waals surface area contributed by atoms with Crippen molar-refractivity contribution in [3.63, 3.8) is 0 Å². The van der Waals surface area contributed by atoms with E-state index in [-0.39, 0.29) is 12.7 Å². The Morgan fingerprint density at radius 1 is 1.03 bits per heavy atom. The Morgan fingerprint density at radius 2 is 1.81 bits per heavy atom. The Hall–Kier alpha value is -2.38. The maximum absolute atomic E-state index is 12.5. The Morgan fingerprint density at radius 3 is 2.50 bits per heavy atom. The summed E-state index contributed by atoms with van der Waals surface area (Å²) in [4.78, 5) is 24.6. The lowest BCUT2D eigenvalue weighted by Gasteiger charge is -2.11. The minimum atomic E-state index is -0.492. The molecule has 1 fully saturated rings. The molecule has 3 rings (SSSR count). The topological polar surface area (TPSA) is 71.1 Å². The van der Waals surface area contributed by atoms with Gasteiger partial charge in [-0.05, 0) is 77.7 Å². The molecule has 172 valence electrons. The molecule has 1 saturated heterocycles. The van der Waals surface area contributed by atoms with Crippen LogP contribution in [0.1, 0.15) is 66.2 Å². The largest absolute Gasteiger partial charge is 0.492 e. The van der Waals surface area contributed by atoms with Gasteiger partial charge in [-0.3, -0.25) is 0 Å². The molecule has 0 saturated carbocycles. The lowest BCUT2D eigenvalue weighted by Crippen LogP contribution is -2.17. The van der Waals surface area contributed by atoms with Crippen molar-refractivity contribution in [1.82, 2.24) is 0 Å². The van der Waals surface area contributed by atoms with Crippen LogP contribution in [0.5, 0.6) is 11.5 Å². The number of benzene rings is 2. The summed E-state index contributed by atoms with van der Waals surface area (Å²) in [5.41, 5.74) is 0.793. The van der Waals surface area contributed by atoms with Crippen LogP contribution >= 0.6 is 15.9 Å². The van der Waals surface area contributed by atoms with E-state index in [1.807, 2.05) is 0 Å². The minimum Gasteiger partial charge on any atom is -0.492 e. The zero-order valence-corrected chi connectivity index (χ0v) is 19.9. The molecule has 0 aromatic heterocycles. The van der Waals surface area contributed by atoms with Gasteiger partial charge >= 0.3 is 11.9 Å². The van der Waals surface area contributed by atoms with Crippen LogP contribution in [0, 0.1) is 0 Å². The molecular weight excluding hydrogens is 476 g/mol. The van der Waals surface area contributed by atoms with Crippen molar-refractivity contribution in [2.24, 2.45) is 0 Å². The highest BCUT2D eigenvalue weighted by Crippen LogP contribution is 2.27. The number of carbonyl (C=O) groups excluding carboxylic acids is 2. The molecule has 1 aliphatic heterocycles. The number of hydrogen-bond acceptors (Lipinski definition) is 6. The smallest absolute Gasteiger partial charge is 0.343 e. The van der Waals surface area contributed by atoms with Crippen LogP contribution in [-0.2, 0) is 9.47 Å². The van der Waals surface area contributed by atoms with E-state index in [4.69, 9.17) is 18.9 Å². The zero-order chi connectivity index (χ0) is 22.8. The summed E-state index contributed by atoms with van der Waals surface area (Å²) in [6.45, 7) is 3.78. The van der Waals surface area contributed by atoms with Gasteiger partial charge in [-0.1, -0.05) is 26.2 Å². The summed E-state index contributed by atoms with van der Waals surface area (Å²) in [7, 11) is 0. The maximum atomic E-state index is 12.5. The van der Waals surface area contributed by atoms with Gasteiger partial charge in [-0.2, -0.15) is 0 Å². The highest BCUT2D eigenvalue weighted by Gasteiger charge is 2.18. The zero-order valence-electron chi connectivity index (χ0n) is 18.3. The highest BCUT2D eigenvalue weighted by atomic mass is 79.9. The molecule has 1 atom stereocenters. The fraction of sp³-hybridized carbons (Fsp3) is 0.440. The molecule has 0 amide bonds. The van der Waals surface area contributed by atoms with E-state index >= 15 is 0 Å². The highest BCUT2D eigenvalue weighted by molar-refractivity contribution is 9.10. The van der Waals surface area contributed by atoms with Crippen molar-refractivity contribution in [2.45, 2.75) is 51.6 Å². The maximum Gasteiger partial charge on any atom is 0.343 e. The van der Waals surface area contributed by atoms with Gasteiger partial charge in [0.25, 0.3) is 0 Å². The number of ether oxygens (including phenoxy) is 4. The van der Waals surface area contributed by atoms with Crippen molar-refractivity contribution < 1.29 is 28.5 Å². The lowest BCUT2D eigenvalue weighted by atomic mass is 10.2. The van der Waals surface area contributed by atoms with E-state index < -0.39 is 11.9 Å². The van der Waals surface area contributed by atoms with E-state index in [0.29, 0.717) is 40.3 Å². The van der Waals surface area contributed by atoms with Crippen LogP contribution in [-0.4, -0.2) is 37.9 Å². The second-order valence-electron chi connectivity index (χ2n) is 7.70. The summed E-state index contributed by atoms with van der Waals surface area (Å²) in [5.74, 6) is 0.128. The van der Waals surface area contributed by atoms with Crippen LogP contribution < -0.4 is 9.47 Å². The van der Waals surface area contributed by atoms with Crippen LogP contribution in [0.4, 0.5) is 0 Å². The van der Waals surface area contributed by atoms with Gasteiger partial charge in [-0.25, -0.2) is 9.59 Å². The van der Waals surface area contributed by atoms with Crippen LogP contribution in [0.15, 0.2) is 46.9 Å². The molecule has 7 heteroatoms. The Labute approximate surface area is 197 Å². The van der Waals surface area contributed by atoms with E-state index in [1.165, 1.54) is 12.8 Å². The monoisotopic (exact) mass is 504 g/mol. The number of unbranched alkanes of at least 4 members (excludes halogenated alkanes) is 3. The van der Waals surface area contributed by atoms with E-state index in [0.717, 1.165) is 25.7 Å². The van der Waals surface area contributed by atoms with Gasteiger partial charge in [0, 0.05) is 6.61 Å². The predicted molar refractivity (Wildman–Crippen MR) is 124 cm³/mol. The standard InChI is InChI=1S/C25H29BrO6/c1-2-3-4-5-14-30-23-13-10-19(16-22(23)26)25(28)32-20-11-8-18(9-12-20)24(27)31-17-21-7-6-15-29-21/h8-13,16,21H,2-7,14-15,17H2,1H3. The summed E-state index contributed by atoms with van der Waals surface area (Å²) in [6.07, 6.45) is 6.41. The van der Waals surface area contributed by atoms with Gasteiger partial charge < -0.3 is 18.9 Å². The summed E-state index contributed by atoms with van der Waals surface area (Å²) >= 11 is 3.46. The van der Waals surface area contributed by atoms with Gasteiger partial charge in [0.1, 0.15) is 18.1 Å². The summed E-state index contributed by atoms with van der Waals surface area (Å²) < 4.78 is 22.6. The average molecular weight is 505 g/mol. The minimum absolute atomic E-state index is 0.0173. The van der Waals surface area contributed by atoms with E-state index in [2.05, 4.69) is 22.9 Å². The molecule has 6 nitrogen and oxygen atoms in total. The average Bonchev–Trinajstić information content (AvgIpc) is 3.32. The predicted octanol–water partition coefficient (Wildman–Crippen LogP) is 5.96. The number of rotatable bonds is 11. The lowest BCUT2D eigenvalue weighted by molar-refractivity contribution is 0.0161. The van der Waals surface area contributed by atoms with Gasteiger partial charge in [0.15, 0.2) is 0 Å². The van der Waals surface area contributed by atoms with Gasteiger partial charge in [-0.15, -0.1) is 0 Å². The summed E-state index contributed by atoms with van der Waals surface area (Å²) in [5, 5.41) is 0. The third kappa shape index (κ3) is 7.35. The first-order valence-corrected chi connectivity index (χ1v) is 11.9. The number of esters is 2. The van der Waals surface area contributed by atoms with Crippen molar-refractivity contribution in [2.75, 3.05) is 19.8 Å². The quantitative estimate of drug-likeness (QED) is 0.213. The number of hydrogen-bond donors (Lipinski definition) is 0. The molecule has 0 bridgehead atoms. The van der Waals surface area contributed by atoms with Crippen molar-refractivity contribution >= 4 is 27.9 Å². The first kappa shape index (κ1) is 24.3. The first-order valence-electron chi connectivity index (χ1n) is 11.1. The molecule has 1 aliphatic rings. The fourth-order valence-corrected chi connectivity index (χ4v) is 3.80. The van der Waals surface area contributed by atoms with Crippen molar-refractivity contribution in [3.8, 4) is 11.5 Å². The molecule has 2 aromatic rings. The molecular formula is C25H29BrO6. The van der Waals surface area contributed by atoms with Crippen LogP contribution in [0.2, 0.25) is 0 Å². The fourth-order valence-electron chi connectivity index (χ4n) is 3.31. The molecule has 0 radical (unpaired) electrons. The Bertz CT molecular complexity index is 890. The SMILES string of the molecule is CCCCCCOc1ccc(C(=O)Oc2ccc(C(=O)OCC3CCCO3)cc2)cc1Br. The Kier molecular flexibility index (Phi) is 9.56. The van der Waals surface area contributed by atoms with Crippen molar-refractivity contribution in [3.05, 3.63) is 58.1 Å². The van der Waals surface area contributed by atoms with Gasteiger partial charge in [0.05, 0.1) is 28.3 Å². The number of halogens is 1. The van der Waals surface area contributed by atoms with E-state index in [9.17, 15) is 9.59 Å². The van der Waals surface area contributed by atoms with Crippen LogP contribution in [0.3, 0.4) is 0 Å². The molecule has 1 heterocycles. The molecule has 0 spiro atoms. The molecule has 2 aromatic carbocycles. The van der Waals surface area contributed by atoms with E-state index in [1.54, 1.807) is 42.5 Å². The van der Waals surface area contributed by atoms with Crippen molar-refractivity contribution in [1.29, 1.82) is 0 Å². The molecule has 1 unspecified atom stereocenters. The normalized spacial score (nSPS) is 15.4. The second-order valence-corrected chi connectivity index (χ2v) is 8.56. The first-order chi connectivity index (χ1) is 15.6. The second kappa shape index (κ2) is 12.6.